The highest BCUT2D eigenvalue weighted by Crippen LogP contribution is 2.36. The predicted molar refractivity (Wildman–Crippen MR) is 74.2 cm³/mol. The van der Waals surface area contributed by atoms with Gasteiger partial charge in [0, 0.05) is 19.6 Å². The molecule has 0 aromatic carbocycles. The van der Waals surface area contributed by atoms with E-state index in [9.17, 15) is 9.90 Å². The van der Waals surface area contributed by atoms with Crippen LogP contribution in [0.4, 0.5) is 0 Å². The van der Waals surface area contributed by atoms with Gasteiger partial charge < -0.3 is 9.84 Å². The molecule has 1 fully saturated rings. The zero-order valence-corrected chi connectivity index (χ0v) is 12.9. The molecule has 5 nitrogen and oxygen atoms in total. The predicted octanol–water partition coefficient (Wildman–Crippen LogP) is 2.26. The molecule has 0 radical (unpaired) electrons. The first-order valence-corrected chi connectivity index (χ1v) is 7.38. The molecule has 0 amide bonds. The summed E-state index contributed by atoms with van der Waals surface area (Å²) < 4.78 is 8.16. The molecule has 6 heteroatoms. The van der Waals surface area contributed by atoms with Gasteiger partial charge in [0.1, 0.15) is 0 Å². The number of aryl methyl sites for hydroxylation is 2. The van der Waals surface area contributed by atoms with Crippen molar-refractivity contribution in [2.75, 3.05) is 13.2 Å². The number of hydrogen-bond acceptors (Lipinski definition) is 3. The minimum absolute atomic E-state index is 0.283. The molecule has 2 heterocycles. The molecule has 1 aromatic rings. The second-order valence-electron chi connectivity index (χ2n) is 4.94. The molecule has 0 bridgehead atoms. The van der Waals surface area contributed by atoms with Crippen LogP contribution < -0.4 is 0 Å². The highest BCUT2D eigenvalue weighted by atomic mass is 79.9. The Labute approximate surface area is 121 Å². The third-order valence-corrected chi connectivity index (χ3v) is 4.67. The number of ether oxygens (including phenoxy) is 1. The molecule has 1 aromatic heterocycles. The van der Waals surface area contributed by atoms with Gasteiger partial charge in [-0.2, -0.15) is 5.10 Å². The highest BCUT2D eigenvalue weighted by molar-refractivity contribution is 9.10. The Morgan fingerprint density at radius 3 is 2.79 bits per heavy atom. The average molecular weight is 331 g/mol. The van der Waals surface area contributed by atoms with E-state index < -0.39 is 11.4 Å². The largest absolute Gasteiger partial charge is 0.481 e. The molecule has 1 unspecified atom stereocenters. The normalized spacial score (nSPS) is 22.9. The number of aliphatic carboxylic acids is 1. The van der Waals surface area contributed by atoms with Gasteiger partial charge in [-0.3, -0.25) is 9.48 Å². The van der Waals surface area contributed by atoms with Crippen molar-refractivity contribution in [2.24, 2.45) is 5.41 Å². The summed E-state index contributed by atoms with van der Waals surface area (Å²) in [5.41, 5.74) is 1.14. The Bertz CT molecular complexity index is 478. The molecule has 19 heavy (non-hydrogen) atoms. The van der Waals surface area contributed by atoms with Crippen molar-refractivity contribution in [3.63, 3.8) is 0 Å². The first kappa shape index (κ1) is 14.5. The van der Waals surface area contributed by atoms with Crippen LogP contribution in [0.5, 0.6) is 0 Å². The van der Waals surface area contributed by atoms with Crippen molar-refractivity contribution in [3.05, 3.63) is 15.9 Å². The van der Waals surface area contributed by atoms with Gasteiger partial charge in [0.05, 0.1) is 27.9 Å². The number of carboxylic acids is 1. The Kier molecular flexibility index (Phi) is 4.30. The zero-order valence-electron chi connectivity index (χ0n) is 11.3. The minimum atomic E-state index is -0.805. The molecule has 2 rings (SSSR count). The number of hydrogen-bond donors (Lipinski definition) is 1. The van der Waals surface area contributed by atoms with E-state index in [1.807, 2.05) is 18.5 Å². The van der Waals surface area contributed by atoms with Gasteiger partial charge in [-0.05, 0) is 35.7 Å². The summed E-state index contributed by atoms with van der Waals surface area (Å²) in [5, 5.41) is 14.0. The van der Waals surface area contributed by atoms with Gasteiger partial charge in [-0.15, -0.1) is 0 Å². The van der Waals surface area contributed by atoms with E-state index in [-0.39, 0.29) is 6.61 Å². The molecule has 0 aliphatic carbocycles. The summed E-state index contributed by atoms with van der Waals surface area (Å²) in [6.45, 7) is 5.60. The van der Waals surface area contributed by atoms with E-state index in [0.29, 0.717) is 19.4 Å². The van der Waals surface area contributed by atoms with Gasteiger partial charge in [-0.1, -0.05) is 6.92 Å². The van der Waals surface area contributed by atoms with Crippen molar-refractivity contribution in [2.45, 2.75) is 39.7 Å². The number of nitrogens with zero attached hydrogens (tertiary/aromatic N) is 2. The lowest BCUT2D eigenvalue weighted by atomic mass is 9.82. The quantitative estimate of drug-likeness (QED) is 0.899. The molecule has 1 aliphatic rings. The lowest BCUT2D eigenvalue weighted by molar-refractivity contribution is -0.149. The molecule has 1 N–H and O–H groups in total. The summed E-state index contributed by atoms with van der Waals surface area (Å²) in [7, 11) is 0. The van der Waals surface area contributed by atoms with Crippen molar-refractivity contribution in [1.82, 2.24) is 9.78 Å². The fraction of sp³-hybridized carbons (Fsp3) is 0.692. The van der Waals surface area contributed by atoms with E-state index in [2.05, 4.69) is 21.0 Å². The number of carbonyl (C=O) groups is 1. The third kappa shape index (κ3) is 2.56. The van der Waals surface area contributed by atoms with Crippen LogP contribution in [0, 0.1) is 5.41 Å². The van der Waals surface area contributed by atoms with E-state index in [1.165, 1.54) is 0 Å². The number of carboxylic acid groups (broad SMARTS) is 1. The van der Waals surface area contributed by atoms with Gasteiger partial charge in [0.2, 0.25) is 0 Å². The second kappa shape index (κ2) is 5.63. The first-order valence-electron chi connectivity index (χ1n) is 6.59. The summed E-state index contributed by atoms with van der Waals surface area (Å²) in [6, 6.07) is 0. The molecule has 1 atom stereocenters. The Balaban J connectivity index is 2.36. The summed E-state index contributed by atoms with van der Waals surface area (Å²) in [6.07, 6.45) is 1.85. The van der Waals surface area contributed by atoms with Gasteiger partial charge in [-0.25, -0.2) is 0 Å². The highest BCUT2D eigenvalue weighted by Gasteiger charge is 2.44. The maximum Gasteiger partial charge on any atom is 0.312 e. The first-order chi connectivity index (χ1) is 9.04. The van der Waals surface area contributed by atoms with E-state index in [0.717, 1.165) is 28.8 Å². The van der Waals surface area contributed by atoms with Crippen LogP contribution in [0.25, 0.3) is 0 Å². The van der Waals surface area contributed by atoms with Gasteiger partial charge in [0.15, 0.2) is 0 Å². The van der Waals surface area contributed by atoms with E-state index >= 15 is 0 Å². The van der Waals surface area contributed by atoms with Gasteiger partial charge in [0.25, 0.3) is 0 Å². The van der Waals surface area contributed by atoms with Crippen LogP contribution in [-0.4, -0.2) is 34.1 Å². The topological polar surface area (TPSA) is 64.4 Å². The zero-order chi connectivity index (χ0) is 14.0. The van der Waals surface area contributed by atoms with Crippen molar-refractivity contribution in [1.29, 1.82) is 0 Å². The number of halogens is 1. The second-order valence-corrected chi connectivity index (χ2v) is 5.73. The Morgan fingerprint density at radius 1 is 1.58 bits per heavy atom. The van der Waals surface area contributed by atoms with Crippen LogP contribution in [-0.2, 0) is 28.9 Å². The molecular formula is C13H19BrN2O3. The summed E-state index contributed by atoms with van der Waals surface area (Å²) >= 11 is 3.57. The van der Waals surface area contributed by atoms with Crippen LogP contribution in [0.3, 0.4) is 0 Å². The van der Waals surface area contributed by atoms with Gasteiger partial charge >= 0.3 is 5.97 Å². The Morgan fingerprint density at radius 2 is 2.32 bits per heavy atom. The average Bonchev–Trinajstić information content (AvgIpc) is 2.97. The standard InChI is InChI=1S/C13H19BrN2O3/c1-3-9-11(14)10(16(4-2)15-9)7-13(12(17)18)5-6-19-8-13/h3-8H2,1-2H3,(H,17,18). The maximum atomic E-state index is 11.6. The molecule has 1 aliphatic heterocycles. The number of rotatable bonds is 5. The van der Waals surface area contributed by atoms with E-state index in [1.54, 1.807) is 0 Å². The lowest BCUT2D eigenvalue weighted by Crippen LogP contribution is -2.34. The van der Waals surface area contributed by atoms with Crippen molar-refractivity contribution in [3.8, 4) is 0 Å². The Hall–Kier alpha value is -0.880. The summed E-state index contributed by atoms with van der Waals surface area (Å²) in [5.74, 6) is -0.779. The van der Waals surface area contributed by atoms with Crippen LogP contribution in [0.1, 0.15) is 31.7 Å². The minimum Gasteiger partial charge on any atom is -0.481 e. The smallest absolute Gasteiger partial charge is 0.312 e. The molecule has 106 valence electrons. The monoisotopic (exact) mass is 330 g/mol. The molecular weight excluding hydrogens is 312 g/mol. The molecule has 1 saturated heterocycles. The number of aromatic nitrogens is 2. The van der Waals surface area contributed by atoms with E-state index in [4.69, 9.17) is 4.74 Å². The molecule has 0 spiro atoms. The fourth-order valence-electron chi connectivity index (χ4n) is 2.50. The fourth-order valence-corrected chi connectivity index (χ4v) is 3.20. The maximum absolute atomic E-state index is 11.6. The lowest BCUT2D eigenvalue weighted by Gasteiger charge is -2.22. The third-order valence-electron chi connectivity index (χ3n) is 3.76. The molecule has 0 saturated carbocycles. The van der Waals surface area contributed by atoms with Crippen molar-refractivity contribution >= 4 is 21.9 Å². The SMILES string of the molecule is CCc1nn(CC)c(CC2(C(=O)O)CCOC2)c1Br. The summed E-state index contributed by atoms with van der Waals surface area (Å²) in [4.78, 5) is 11.6. The van der Waals surface area contributed by atoms with Crippen LogP contribution in [0.15, 0.2) is 4.47 Å². The van der Waals surface area contributed by atoms with Crippen LogP contribution >= 0.6 is 15.9 Å². The van der Waals surface area contributed by atoms with Crippen LogP contribution in [0.2, 0.25) is 0 Å². The van der Waals surface area contributed by atoms with Crippen molar-refractivity contribution < 1.29 is 14.6 Å².